The topological polar surface area (TPSA) is 68.4 Å². The van der Waals surface area contributed by atoms with E-state index in [4.69, 9.17) is 9.72 Å². The Morgan fingerprint density at radius 3 is 2.46 bits per heavy atom. The van der Waals surface area contributed by atoms with Gasteiger partial charge in [-0.15, -0.1) is 0 Å². The maximum Gasteiger partial charge on any atom is 0.416 e. The molecule has 1 aromatic carbocycles. The molecule has 0 amide bonds. The number of aryl methyl sites for hydroxylation is 2. The number of anilines is 1. The highest BCUT2D eigenvalue weighted by molar-refractivity contribution is 5.84. The van der Waals surface area contributed by atoms with Crippen LogP contribution in [-0.4, -0.2) is 61.9 Å². The molecular formula is C29H38F4N6O2. The normalized spacial score (nSPS) is 23.2. The second-order valence-electron chi connectivity index (χ2n) is 11.8. The second kappa shape index (κ2) is 11.0. The smallest absolute Gasteiger partial charge is 0.376 e. The number of halogens is 4. The largest absolute Gasteiger partial charge is 0.416 e. The predicted molar refractivity (Wildman–Crippen MR) is 148 cm³/mol. The van der Waals surface area contributed by atoms with Crippen LogP contribution < -0.4 is 10.6 Å². The van der Waals surface area contributed by atoms with E-state index in [1.54, 1.807) is 7.05 Å². The van der Waals surface area contributed by atoms with Gasteiger partial charge in [0.1, 0.15) is 22.8 Å². The van der Waals surface area contributed by atoms with Crippen LogP contribution in [0.1, 0.15) is 63.5 Å². The molecule has 0 bridgehead atoms. The van der Waals surface area contributed by atoms with Crippen LogP contribution in [0.4, 0.5) is 23.4 Å². The van der Waals surface area contributed by atoms with Gasteiger partial charge < -0.3 is 14.2 Å². The van der Waals surface area contributed by atoms with Crippen molar-refractivity contribution < 1.29 is 22.3 Å². The number of aromatic nitrogens is 4. The van der Waals surface area contributed by atoms with Gasteiger partial charge in [-0.3, -0.25) is 9.47 Å². The summed E-state index contributed by atoms with van der Waals surface area (Å²) in [4.78, 5) is 26.6. The minimum atomic E-state index is -4.61. The van der Waals surface area contributed by atoms with Crippen LogP contribution in [0.5, 0.6) is 0 Å². The van der Waals surface area contributed by atoms with Crippen molar-refractivity contribution in [1.82, 2.24) is 24.0 Å². The van der Waals surface area contributed by atoms with Gasteiger partial charge in [0.05, 0.1) is 18.2 Å². The van der Waals surface area contributed by atoms with Crippen molar-refractivity contribution in [2.24, 2.45) is 13.0 Å². The van der Waals surface area contributed by atoms with Crippen LogP contribution in [-0.2, 0) is 24.5 Å². The molecule has 0 spiro atoms. The average molecular weight is 579 g/mol. The molecule has 8 nitrogen and oxygen atoms in total. The summed E-state index contributed by atoms with van der Waals surface area (Å²) in [5, 5.41) is 0. The predicted octanol–water partition coefficient (Wildman–Crippen LogP) is 5.07. The molecule has 2 aromatic heterocycles. The number of fused-ring (bicyclic) bond motifs is 1. The number of nitrogens with zero attached hydrogens (tertiary/aromatic N) is 6. The summed E-state index contributed by atoms with van der Waals surface area (Å²) in [5.74, 6) is 0.366. The van der Waals surface area contributed by atoms with Gasteiger partial charge in [-0.2, -0.15) is 18.2 Å². The molecule has 3 aromatic rings. The van der Waals surface area contributed by atoms with E-state index in [9.17, 15) is 18.0 Å². The van der Waals surface area contributed by atoms with E-state index < -0.39 is 23.6 Å². The average Bonchev–Trinajstić information content (AvgIpc) is 3.52. The lowest BCUT2D eigenvalue weighted by Gasteiger charge is -2.49. The zero-order valence-electron chi connectivity index (χ0n) is 24.4. The number of hydrogen-bond donors (Lipinski definition) is 0. The number of alkyl halides is 3. The number of rotatable bonds is 6. The van der Waals surface area contributed by atoms with Gasteiger partial charge in [-0.25, -0.2) is 14.2 Å². The minimum absolute atomic E-state index is 0.0626. The van der Waals surface area contributed by atoms with E-state index in [2.05, 4.69) is 14.8 Å². The van der Waals surface area contributed by atoms with E-state index in [0.717, 1.165) is 31.3 Å². The molecule has 2 aliphatic heterocycles. The van der Waals surface area contributed by atoms with Gasteiger partial charge in [-0.1, -0.05) is 19.9 Å². The molecule has 0 radical (unpaired) electrons. The maximum atomic E-state index is 15.2. The van der Waals surface area contributed by atoms with Crippen molar-refractivity contribution in [3.05, 3.63) is 51.5 Å². The lowest BCUT2D eigenvalue weighted by atomic mass is 9.90. The first-order chi connectivity index (χ1) is 19.3. The molecule has 224 valence electrons. The van der Waals surface area contributed by atoms with Crippen molar-refractivity contribution in [3.63, 3.8) is 0 Å². The third-order valence-electron chi connectivity index (χ3n) is 8.50. The van der Waals surface area contributed by atoms with Crippen molar-refractivity contribution in [3.8, 4) is 0 Å². The van der Waals surface area contributed by atoms with E-state index in [-0.39, 0.29) is 35.4 Å². The van der Waals surface area contributed by atoms with Gasteiger partial charge in [0.2, 0.25) is 0 Å². The van der Waals surface area contributed by atoms with Crippen LogP contribution in [0.25, 0.3) is 11.2 Å². The van der Waals surface area contributed by atoms with Crippen LogP contribution in [0.15, 0.2) is 23.0 Å². The van der Waals surface area contributed by atoms with Crippen molar-refractivity contribution in [1.29, 1.82) is 0 Å². The molecule has 0 aliphatic carbocycles. The molecule has 4 heterocycles. The third kappa shape index (κ3) is 5.48. The Kier molecular flexibility index (Phi) is 7.92. The molecule has 0 unspecified atom stereocenters. The SMILES string of the molecule is Cc1nc2c(N3C[C@@H](C)N([C@@H](c4ccc(C(F)(F)F)cc4F)C(C)C)C[C@@H]3C)nc(=O)n(C)c2n1C[C@@H]1CCCO1. The van der Waals surface area contributed by atoms with Crippen molar-refractivity contribution >= 4 is 17.0 Å². The zero-order chi connectivity index (χ0) is 29.8. The molecule has 2 aliphatic rings. The lowest BCUT2D eigenvalue weighted by Crippen LogP contribution is -2.58. The summed E-state index contributed by atoms with van der Waals surface area (Å²) in [6.07, 6.45) is -2.58. The van der Waals surface area contributed by atoms with E-state index in [1.807, 2.05) is 39.2 Å². The standard InChI is InChI=1S/C29H38F4N6O2/c1-16(2)25(22-10-9-20(12-23(22)30)29(31,32)33)37-13-18(4)38(14-17(37)3)26-24-27(36(6)28(40)35-26)39(19(5)34-24)15-21-8-7-11-41-21/h9-10,12,16-18,21,25H,7-8,11,13-15H2,1-6H3/t17-,18+,21+,25-/m1/s1. The molecular weight excluding hydrogens is 540 g/mol. The van der Waals surface area contributed by atoms with Gasteiger partial charge in [0, 0.05) is 50.4 Å². The Balaban J connectivity index is 1.48. The zero-order valence-corrected chi connectivity index (χ0v) is 24.4. The number of hydrogen-bond acceptors (Lipinski definition) is 6. The van der Waals surface area contributed by atoms with Gasteiger partial charge in [-0.05, 0) is 51.7 Å². The van der Waals surface area contributed by atoms with Gasteiger partial charge in [0.15, 0.2) is 5.82 Å². The summed E-state index contributed by atoms with van der Waals surface area (Å²) in [7, 11) is 1.70. The molecule has 12 heteroatoms. The quantitative estimate of drug-likeness (QED) is 0.381. The summed E-state index contributed by atoms with van der Waals surface area (Å²) in [6, 6.07) is 2.13. The maximum absolute atomic E-state index is 15.2. The lowest BCUT2D eigenvalue weighted by molar-refractivity contribution is -0.137. The molecule has 4 atom stereocenters. The summed E-state index contributed by atoms with van der Waals surface area (Å²) >= 11 is 0. The first-order valence-corrected chi connectivity index (χ1v) is 14.2. The Bertz CT molecular complexity index is 1480. The highest BCUT2D eigenvalue weighted by atomic mass is 19.4. The molecule has 2 saturated heterocycles. The highest BCUT2D eigenvalue weighted by Crippen LogP contribution is 2.38. The van der Waals surface area contributed by atoms with E-state index in [1.165, 1.54) is 10.6 Å². The Morgan fingerprint density at radius 1 is 1.12 bits per heavy atom. The molecule has 41 heavy (non-hydrogen) atoms. The summed E-state index contributed by atoms with van der Waals surface area (Å²) < 4.78 is 64.2. The van der Waals surface area contributed by atoms with Crippen molar-refractivity contribution in [2.75, 3.05) is 24.6 Å². The van der Waals surface area contributed by atoms with Crippen LogP contribution in [0.2, 0.25) is 0 Å². The van der Waals surface area contributed by atoms with Crippen LogP contribution in [0, 0.1) is 18.7 Å². The van der Waals surface area contributed by atoms with Crippen molar-refractivity contribution in [2.45, 2.75) is 84.4 Å². The second-order valence-corrected chi connectivity index (χ2v) is 11.8. The number of imidazole rings is 1. The Labute approximate surface area is 236 Å². The minimum Gasteiger partial charge on any atom is -0.376 e. The summed E-state index contributed by atoms with van der Waals surface area (Å²) in [5.41, 5.74) is 0.210. The Hall–Kier alpha value is -2.99. The van der Waals surface area contributed by atoms with Crippen LogP contribution >= 0.6 is 0 Å². The number of benzene rings is 1. The summed E-state index contributed by atoms with van der Waals surface area (Å²) in [6.45, 7) is 12.2. The monoisotopic (exact) mass is 578 g/mol. The molecule has 0 saturated carbocycles. The molecule has 5 rings (SSSR count). The fourth-order valence-electron chi connectivity index (χ4n) is 6.46. The Morgan fingerprint density at radius 2 is 1.85 bits per heavy atom. The van der Waals surface area contributed by atoms with E-state index in [0.29, 0.717) is 42.7 Å². The fourth-order valence-corrected chi connectivity index (χ4v) is 6.46. The third-order valence-corrected chi connectivity index (χ3v) is 8.50. The van der Waals surface area contributed by atoms with E-state index >= 15 is 4.39 Å². The number of ether oxygens (including phenoxy) is 1. The number of piperazine rings is 1. The van der Waals surface area contributed by atoms with Gasteiger partial charge in [0.25, 0.3) is 0 Å². The molecule has 2 fully saturated rings. The van der Waals surface area contributed by atoms with Crippen LogP contribution in [0.3, 0.4) is 0 Å². The molecule has 0 N–H and O–H groups in total. The first kappa shape index (κ1) is 29.5. The van der Waals surface area contributed by atoms with Gasteiger partial charge >= 0.3 is 11.9 Å². The fraction of sp³-hybridized carbons (Fsp3) is 0.621. The first-order valence-electron chi connectivity index (χ1n) is 14.2. The highest BCUT2D eigenvalue weighted by Gasteiger charge is 2.39.